The lowest BCUT2D eigenvalue weighted by Gasteiger charge is -2.13. The maximum absolute atomic E-state index is 14.0. The highest BCUT2D eigenvalue weighted by Crippen LogP contribution is 2.31. The molecule has 0 spiro atoms. The van der Waals surface area contributed by atoms with Crippen LogP contribution in [0.25, 0.3) is 16.8 Å². The third-order valence-corrected chi connectivity index (χ3v) is 4.93. The van der Waals surface area contributed by atoms with Crippen LogP contribution in [0.2, 0.25) is 0 Å². The maximum atomic E-state index is 14.0. The number of aryl methyl sites for hydroxylation is 2. The number of nitrogens with one attached hydrogen (secondary N) is 1. The van der Waals surface area contributed by atoms with Gasteiger partial charge in [0.15, 0.2) is 11.5 Å². The van der Waals surface area contributed by atoms with E-state index in [1.165, 1.54) is 12.1 Å². The molecular formula is C21H25FN7O+. The Morgan fingerprint density at radius 3 is 2.73 bits per heavy atom. The third kappa shape index (κ3) is 4.02. The third-order valence-electron chi connectivity index (χ3n) is 4.93. The molecule has 0 fully saturated rings. The van der Waals surface area contributed by atoms with E-state index in [0.29, 0.717) is 25.4 Å². The van der Waals surface area contributed by atoms with Crippen molar-refractivity contribution in [3.05, 3.63) is 59.8 Å². The van der Waals surface area contributed by atoms with Gasteiger partial charge in [0.05, 0.1) is 6.54 Å². The van der Waals surface area contributed by atoms with E-state index < -0.39 is 0 Å². The Hall–Kier alpha value is -3.33. The number of ether oxygens (including phenoxy) is 1. The van der Waals surface area contributed by atoms with Gasteiger partial charge in [0.2, 0.25) is 5.82 Å². The Kier molecular flexibility index (Phi) is 5.45. The number of rotatable bonds is 7. The first-order valence-electron chi connectivity index (χ1n) is 9.75. The first-order valence-corrected chi connectivity index (χ1v) is 9.75. The van der Waals surface area contributed by atoms with Gasteiger partial charge in [-0.2, -0.15) is 0 Å². The Morgan fingerprint density at radius 2 is 2.00 bits per heavy atom. The molecule has 8 nitrogen and oxygen atoms in total. The van der Waals surface area contributed by atoms with Crippen LogP contribution in [0.1, 0.15) is 17.5 Å². The minimum absolute atomic E-state index is 0.337. The Morgan fingerprint density at radius 1 is 1.17 bits per heavy atom. The van der Waals surface area contributed by atoms with Crippen LogP contribution in [0, 0.1) is 19.7 Å². The molecule has 0 aliphatic carbocycles. The predicted octanol–water partition coefficient (Wildman–Crippen LogP) is 2.30. The molecule has 3 heterocycles. The standard InChI is InChI=1S/C21H24FN7O/c1-14-23-24-15(2)28(14)9-10-30-19-11-17(22)6-7-18(19)16-5-8-20-25-26-21(13-27(3)4)29(20)12-16/h5-8,11-12H,9-10,13H2,1-4H3/p+1. The van der Waals surface area contributed by atoms with E-state index in [1.54, 1.807) is 6.07 Å². The van der Waals surface area contributed by atoms with Crippen LogP contribution in [0.4, 0.5) is 4.39 Å². The largest absolute Gasteiger partial charge is 0.490 e. The SMILES string of the molecule is Cc1n[nH]c(C)[n+]1CCOc1cc(F)ccc1-c1ccc2nnc(CN(C)C)n2c1. The second kappa shape index (κ2) is 8.19. The van der Waals surface area contributed by atoms with Gasteiger partial charge in [-0.15, -0.1) is 15.3 Å². The molecular weight excluding hydrogens is 385 g/mol. The smallest absolute Gasteiger partial charge is 0.274 e. The summed E-state index contributed by atoms with van der Waals surface area (Å²) in [5, 5.41) is 15.6. The van der Waals surface area contributed by atoms with Gasteiger partial charge in [0, 0.05) is 42.3 Å². The van der Waals surface area contributed by atoms with E-state index in [4.69, 9.17) is 4.74 Å². The molecule has 3 aromatic heterocycles. The number of benzene rings is 1. The average molecular weight is 410 g/mol. The van der Waals surface area contributed by atoms with Crippen molar-refractivity contribution >= 4 is 5.65 Å². The van der Waals surface area contributed by atoms with Gasteiger partial charge < -0.3 is 9.64 Å². The second-order valence-corrected chi connectivity index (χ2v) is 7.50. The van der Waals surface area contributed by atoms with Crippen LogP contribution in [0.3, 0.4) is 0 Å². The maximum Gasteiger partial charge on any atom is 0.274 e. The first-order chi connectivity index (χ1) is 14.4. The molecule has 1 N–H and O–H groups in total. The Balaban J connectivity index is 1.62. The summed E-state index contributed by atoms with van der Waals surface area (Å²) in [7, 11) is 3.97. The van der Waals surface area contributed by atoms with Crippen molar-refractivity contribution in [3.8, 4) is 16.9 Å². The fraction of sp³-hybridized carbons (Fsp3) is 0.333. The zero-order chi connectivity index (χ0) is 21.3. The van der Waals surface area contributed by atoms with Gasteiger partial charge in [-0.3, -0.25) is 4.40 Å². The van der Waals surface area contributed by atoms with Gasteiger partial charge in [-0.25, -0.2) is 8.96 Å². The molecule has 156 valence electrons. The van der Waals surface area contributed by atoms with E-state index in [-0.39, 0.29) is 5.82 Å². The molecule has 0 aliphatic heterocycles. The molecule has 4 aromatic rings. The molecule has 0 unspecified atom stereocenters. The molecule has 4 rings (SSSR count). The predicted molar refractivity (Wildman–Crippen MR) is 110 cm³/mol. The highest BCUT2D eigenvalue weighted by atomic mass is 19.1. The molecule has 0 atom stereocenters. The average Bonchev–Trinajstić information content (AvgIpc) is 3.25. The quantitative estimate of drug-likeness (QED) is 0.473. The van der Waals surface area contributed by atoms with Crippen molar-refractivity contribution in [2.24, 2.45) is 0 Å². The van der Waals surface area contributed by atoms with E-state index >= 15 is 0 Å². The summed E-state index contributed by atoms with van der Waals surface area (Å²) in [6, 6.07) is 8.46. The van der Waals surface area contributed by atoms with Crippen LogP contribution in [-0.2, 0) is 13.1 Å². The number of halogens is 1. The van der Waals surface area contributed by atoms with Crippen molar-refractivity contribution in [3.63, 3.8) is 0 Å². The summed E-state index contributed by atoms with van der Waals surface area (Å²) in [5.74, 6) is 2.82. The Bertz CT molecular complexity index is 1160. The summed E-state index contributed by atoms with van der Waals surface area (Å²) >= 11 is 0. The fourth-order valence-corrected chi connectivity index (χ4v) is 3.44. The number of aromatic nitrogens is 6. The van der Waals surface area contributed by atoms with Crippen molar-refractivity contribution in [1.82, 2.24) is 29.7 Å². The fourth-order valence-electron chi connectivity index (χ4n) is 3.44. The number of pyridine rings is 1. The highest BCUT2D eigenvalue weighted by Gasteiger charge is 2.14. The van der Waals surface area contributed by atoms with Crippen LogP contribution < -0.4 is 9.30 Å². The normalized spacial score (nSPS) is 11.5. The van der Waals surface area contributed by atoms with E-state index in [2.05, 4.69) is 20.4 Å². The molecule has 1 aromatic carbocycles. The topological polar surface area (TPSA) is 75.2 Å². The lowest BCUT2D eigenvalue weighted by molar-refractivity contribution is -0.709. The van der Waals surface area contributed by atoms with Crippen LogP contribution in [-0.4, -0.2) is 50.4 Å². The number of H-pyrrole nitrogens is 1. The number of nitrogens with zero attached hydrogens (tertiary/aromatic N) is 6. The summed E-state index contributed by atoms with van der Waals surface area (Å²) in [4.78, 5) is 2.03. The zero-order valence-corrected chi connectivity index (χ0v) is 17.6. The van der Waals surface area contributed by atoms with Crippen molar-refractivity contribution < 1.29 is 13.7 Å². The van der Waals surface area contributed by atoms with E-state index in [9.17, 15) is 4.39 Å². The number of aromatic amines is 1. The molecule has 0 aliphatic rings. The summed E-state index contributed by atoms with van der Waals surface area (Å²) < 4.78 is 23.9. The lowest BCUT2D eigenvalue weighted by atomic mass is 10.1. The monoisotopic (exact) mass is 410 g/mol. The summed E-state index contributed by atoms with van der Waals surface area (Å²) in [6.45, 7) is 5.55. The van der Waals surface area contributed by atoms with Crippen LogP contribution in [0.15, 0.2) is 36.5 Å². The first kappa shape index (κ1) is 20.0. The molecule has 9 heteroatoms. The van der Waals surface area contributed by atoms with Gasteiger partial charge in [0.25, 0.3) is 5.82 Å². The van der Waals surface area contributed by atoms with Gasteiger partial charge in [0.1, 0.15) is 24.7 Å². The molecule has 0 saturated heterocycles. The number of hydrogen-bond donors (Lipinski definition) is 1. The Labute approximate surface area is 173 Å². The summed E-state index contributed by atoms with van der Waals surface area (Å²) in [6.07, 6.45) is 1.97. The number of hydrogen-bond acceptors (Lipinski definition) is 5. The van der Waals surface area contributed by atoms with Gasteiger partial charge in [-0.05, 0) is 38.4 Å². The van der Waals surface area contributed by atoms with Gasteiger partial charge in [-0.1, -0.05) is 0 Å². The molecule has 0 amide bonds. The summed E-state index contributed by atoms with van der Waals surface area (Å²) in [5.41, 5.74) is 2.48. The zero-order valence-electron chi connectivity index (χ0n) is 17.6. The minimum Gasteiger partial charge on any atom is -0.490 e. The van der Waals surface area contributed by atoms with Crippen molar-refractivity contribution in [2.75, 3.05) is 20.7 Å². The lowest BCUT2D eigenvalue weighted by Crippen LogP contribution is -2.40. The highest BCUT2D eigenvalue weighted by molar-refractivity contribution is 5.71. The van der Waals surface area contributed by atoms with E-state index in [1.807, 2.05) is 60.1 Å². The van der Waals surface area contributed by atoms with Crippen molar-refractivity contribution in [1.29, 1.82) is 0 Å². The molecule has 30 heavy (non-hydrogen) atoms. The van der Waals surface area contributed by atoms with E-state index in [0.717, 1.165) is 34.2 Å². The second-order valence-electron chi connectivity index (χ2n) is 7.50. The van der Waals surface area contributed by atoms with Crippen molar-refractivity contribution in [2.45, 2.75) is 26.9 Å². The van der Waals surface area contributed by atoms with Crippen LogP contribution in [0.5, 0.6) is 5.75 Å². The van der Waals surface area contributed by atoms with Crippen LogP contribution >= 0.6 is 0 Å². The minimum atomic E-state index is -0.337. The number of fused-ring (bicyclic) bond motifs is 1. The molecule has 0 bridgehead atoms. The molecule has 0 radical (unpaired) electrons. The molecule has 0 saturated carbocycles. The van der Waals surface area contributed by atoms with Gasteiger partial charge >= 0.3 is 0 Å².